The van der Waals surface area contributed by atoms with Gasteiger partial charge in [0.25, 0.3) is 0 Å². The molecule has 3 N–H and O–H groups in total. The zero-order chi connectivity index (χ0) is 15.0. The van der Waals surface area contributed by atoms with E-state index < -0.39 is 6.04 Å². The monoisotopic (exact) mass is 332 g/mol. The molecule has 1 amide bonds. The van der Waals surface area contributed by atoms with E-state index in [4.69, 9.17) is 5.73 Å². The van der Waals surface area contributed by atoms with Crippen molar-refractivity contribution in [1.82, 2.24) is 0 Å². The number of benzene rings is 1. The number of carbonyl (C=O) groups excluding carboxylic acids is 2. The SMILES string of the molecule is COC(=O)CCSCc1cccc(NC(=O)[C@@H](C)N)c1.Cl. The number of carbonyl (C=O) groups is 2. The summed E-state index contributed by atoms with van der Waals surface area (Å²) < 4.78 is 4.58. The summed E-state index contributed by atoms with van der Waals surface area (Å²) in [6, 6.07) is 7.06. The molecule has 0 radical (unpaired) electrons. The number of nitrogens with one attached hydrogen (secondary N) is 1. The van der Waals surface area contributed by atoms with E-state index in [-0.39, 0.29) is 24.3 Å². The third-order valence-electron chi connectivity index (χ3n) is 2.56. The van der Waals surface area contributed by atoms with Gasteiger partial charge in [-0.15, -0.1) is 12.4 Å². The molecule has 0 aromatic heterocycles. The second-order valence-corrected chi connectivity index (χ2v) is 5.46. The maximum Gasteiger partial charge on any atom is 0.306 e. The van der Waals surface area contributed by atoms with Crippen molar-refractivity contribution in [3.8, 4) is 0 Å². The molecule has 21 heavy (non-hydrogen) atoms. The zero-order valence-electron chi connectivity index (χ0n) is 12.1. The van der Waals surface area contributed by atoms with Crippen molar-refractivity contribution in [2.45, 2.75) is 25.1 Å². The number of hydrogen-bond acceptors (Lipinski definition) is 5. The van der Waals surface area contributed by atoms with Crippen molar-refractivity contribution in [3.05, 3.63) is 29.8 Å². The van der Waals surface area contributed by atoms with Crippen LogP contribution in [0.1, 0.15) is 18.9 Å². The first kappa shape index (κ1) is 19.8. The number of methoxy groups -OCH3 is 1. The number of ether oxygens (including phenoxy) is 1. The van der Waals surface area contributed by atoms with E-state index >= 15 is 0 Å². The second-order valence-electron chi connectivity index (χ2n) is 4.36. The molecule has 0 aliphatic rings. The van der Waals surface area contributed by atoms with Gasteiger partial charge in [0.2, 0.25) is 5.91 Å². The predicted molar refractivity (Wildman–Crippen MR) is 88.8 cm³/mol. The van der Waals surface area contributed by atoms with E-state index in [1.54, 1.807) is 18.7 Å². The lowest BCUT2D eigenvalue weighted by Crippen LogP contribution is -2.32. The Hall–Kier alpha value is -1.24. The normalized spacial score (nSPS) is 11.2. The highest BCUT2D eigenvalue weighted by atomic mass is 35.5. The summed E-state index contributed by atoms with van der Waals surface area (Å²) in [4.78, 5) is 22.5. The molecule has 0 aliphatic carbocycles. The van der Waals surface area contributed by atoms with Crippen molar-refractivity contribution < 1.29 is 14.3 Å². The van der Waals surface area contributed by atoms with Crippen LogP contribution in [0.5, 0.6) is 0 Å². The Morgan fingerprint density at radius 3 is 2.76 bits per heavy atom. The highest BCUT2D eigenvalue weighted by Gasteiger charge is 2.07. The van der Waals surface area contributed by atoms with Gasteiger partial charge in [-0.1, -0.05) is 12.1 Å². The molecule has 1 aromatic carbocycles. The smallest absolute Gasteiger partial charge is 0.306 e. The maximum atomic E-state index is 11.5. The van der Waals surface area contributed by atoms with Crippen LogP contribution in [-0.4, -0.2) is 30.8 Å². The maximum absolute atomic E-state index is 11.5. The number of nitrogens with two attached hydrogens (primary N) is 1. The van der Waals surface area contributed by atoms with Crippen molar-refractivity contribution in [3.63, 3.8) is 0 Å². The Bertz CT molecular complexity index is 469. The van der Waals surface area contributed by atoms with Gasteiger partial charge in [-0.3, -0.25) is 9.59 Å². The van der Waals surface area contributed by atoms with Gasteiger partial charge in [0.15, 0.2) is 0 Å². The van der Waals surface area contributed by atoms with Gasteiger partial charge in [0.1, 0.15) is 0 Å². The van der Waals surface area contributed by atoms with Crippen LogP contribution in [0.3, 0.4) is 0 Å². The molecule has 0 heterocycles. The predicted octanol–water partition coefficient (Wildman–Crippen LogP) is 2.19. The third kappa shape index (κ3) is 7.94. The van der Waals surface area contributed by atoms with Crippen LogP contribution in [0.2, 0.25) is 0 Å². The molecule has 1 atom stereocenters. The molecule has 0 saturated carbocycles. The van der Waals surface area contributed by atoms with E-state index in [9.17, 15) is 9.59 Å². The molecular weight excluding hydrogens is 312 g/mol. The molecule has 7 heteroatoms. The summed E-state index contributed by atoms with van der Waals surface area (Å²) >= 11 is 1.65. The Balaban J connectivity index is 0.00000400. The largest absolute Gasteiger partial charge is 0.469 e. The van der Waals surface area contributed by atoms with Gasteiger partial charge in [-0.2, -0.15) is 11.8 Å². The van der Waals surface area contributed by atoms with Gasteiger partial charge in [-0.25, -0.2) is 0 Å². The molecule has 5 nitrogen and oxygen atoms in total. The zero-order valence-corrected chi connectivity index (χ0v) is 13.8. The number of rotatable bonds is 7. The van der Waals surface area contributed by atoms with Crippen molar-refractivity contribution in [1.29, 1.82) is 0 Å². The quantitative estimate of drug-likeness (QED) is 0.591. The molecule has 1 aromatic rings. The van der Waals surface area contributed by atoms with Gasteiger partial charge >= 0.3 is 5.97 Å². The summed E-state index contributed by atoms with van der Waals surface area (Å²) in [5.74, 6) is 1.08. The number of amides is 1. The first-order chi connectivity index (χ1) is 9.52. The lowest BCUT2D eigenvalue weighted by molar-refractivity contribution is -0.140. The number of anilines is 1. The van der Waals surface area contributed by atoms with Gasteiger partial charge in [0.05, 0.1) is 19.6 Å². The fourth-order valence-electron chi connectivity index (χ4n) is 1.44. The topological polar surface area (TPSA) is 81.4 Å². The molecule has 0 saturated heterocycles. The van der Waals surface area contributed by atoms with Crippen LogP contribution in [0.4, 0.5) is 5.69 Å². The van der Waals surface area contributed by atoms with E-state index in [1.807, 2.05) is 24.3 Å². The van der Waals surface area contributed by atoms with Crippen LogP contribution in [0.25, 0.3) is 0 Å². The molecule has 0 aliphatic heterocycles. The summed E-state index contributed by atoms with van der Waals surface area (Å²) in [6.07, 6.45) is 0.405. The van der Waals surface area contributed by atoms with E-state index in [0.717, 1.165) is 17.0 Å². The standard InChI is InChI=1S/C14H20N2O3S.ClH/c1-10(15)14(18)16-12-5-3-4-11(8-12)9-20-7-6-13(17)19-2;/h3-5,8,10H,6-7,9,15H2,1-2H3,(H,16,18);1H/t10-;/m1./s1. The fraction of sp³-hybridized carbons (Fsp3) is 0.429. The highest BCUT2D eigenvalue weighted by molar-refractivity contribution is 7.98. The minimum Gasteiger partial charge on any atom is -0.469 e. The lowest BCUT2D eigenvalue weighted by Gasteiger charge is -2.09. The van der Waals surface area contributed by atoms with Crippen LogP contribution >= 0.6 is 24.2 Å². The molecule has 1 rings (SSSR count). The Morgan fingerprint density at radius 2 is 2.14 bits per heavy atom. The van der Waals surface area contributed by atoms with Crippen LogP contribution in [0, 0.1) is 0 Å². The Labute approximate surface area is 135 Å². The fourth-order valence-corrected chi connectivity index (χ4v) is 2.31. The minimum atomic E-state index is -0.534. The summed E-state index contributed by atoms with van der Waals surface area (Å²) in [6.45, 7) is 1.64. The van der Waals surface area contributed by atoms with Crippen molar-refractivity contribution >= 4 is 41.7 Å². The van der Waals surface area contributed by atoms with E-state index in [2.05, 4.69) is 10.1 Å². The molecular formula is C14H21ClN2O3S. The summed E-state index contributed by atoms with van der Waals surface area (Å²) in [5, 5.41) is 2.75. The van der Waals surface area contributed by atoms with Crippen LogP contribution in [0.15, 0.2) is 24.3 Å². The van der Waals surface area contributed by atoms with Crippen LogP contribution < -0.4 is 11.1 Å². The van der Waals surface area contributed by atoms with Crippen molar-refractivity contribution in [2.75, 3.05) is 18.2 Å². The molecule has 0 fully saturated rings. The lowest BCUT2D eigenvalue weighted by atomic mass is 10.2. The van der Waals surface area contributed by atoms with E-state index in [0.29, 0.717) is 12.2 Å². The Morgan fingerprint density at radius 1 is 1.43 bits per heavy atom. The number of esters is 1. The number of thioether (sulfide) groups is 1. The number of halogens is 1. The first-order valence-corrected chi connectivity index (χ1v) is 7.48. The number of hydrogen-bond donors (Lipinski definition) is 2. The highest BCUT2D eigenvalue weighted by Crippen LogP contribution is 2.17. The van der Waals surface area contributed by atoms with E-state index in [1.165, 1.54) is 7.11 Å². The molecule has 0 spiro atoms. The van der Waals surface area contributed by atoms with Crippen LogP contribution in [-0.2, 0) is 20.1 Å². The first-order valence-electron chi connectivity index (χ1n) is 6.33. The molecule has 118 valence electrons. The van der Waals surface area contributed by atoms with Crippen molar-refractivity contribution in [2.24, 2.45) is 5.73 Å². The average molecular weight is 333 g/mol. The van der Waals surface area contributed by atoms with Gasteiger partial charge < -0.3 is 15.8 Å². The minimum absolute atomic E-state index is 0. The molecule has 0 unspecified atom stereocenters. The third-order valence-corrected chi connectivity index (χ3v) is 3.59. The second kappa shape index (κ2) is 10.5. The molecule has 0 bridgehead atoms. The van der Waals surface area contributed by atoms with Gasteiger partial charge in [0, 0.05) is 17.2 Å². The Kier molecular flexibility index (Phi) is 9.86. The summed E-state index contributed by atoms with van der Waals surface area (Å²) in [5.41, 5.74) is 7.32. The summed E-state index contributed by atoms with van der Waals surface area (Å²) in [7, 11) is 1.39. The average Bonchev–Trinajstić information content (AvgIpc) is 2.43. The van der Waals surface area contributed by atoms with Gasteiger partial charge in [-0.05, 0) is 24.6 Å².